The zero-order chi connectivity index (χ0) is 13.4. The van der Waals surface area contributed by atoms with E-state index in [1.54, 1.807) is 12.1 Å². The number of rotatable bonds is 7. The van der Waals surface area contributed by atoms with Gasteiger partial charge in [0.2, 0.25) is 0 Å². The standard InChI is InChI=1S/C14H22N2O2/c1-3-11(4-2)9-18-10-12-6-5-7-13(8-12)14(17)16-15/h5-8,11H,3-4,9-10,15H2,1-2H3,(H,16,17). The van der Waals surface area contributed by atoms with Gasteiger partial charge < -0.3 is 4.74 Å². The predicted octanol–water partition coefficient (Wildman–Crippen LogP) is 2.24. The lowest BCUT2D eigenvalue weighted by atomic mass is 10.1. The lowest BCUT2D eigenvalue weighted by molar-refractivity contribution is 0.0842. The number of carbonyl (C=O) groups excluding carboxylic acids is 1. The second kappa shape index (κ2) is 7.84. The molecule has 1 rings (SSSR count). The van der Waals surface area contributed by atoms with E-state index in [1.165, 1.54) is 0 Å². The number of benzene rings is 1. The molecule has 0 aliphatic rings. The van der Waals surface area contributed by atoms with Gasteiger partial charge in [-0.15, -0.1) is 0 Å². The smallest absolute Gasteiger partial charge is 0.265 e. The first kappa shape index (κ1) is 14.7. The number of nitrogen functional groups attached to an aromatic ring is 1. The van der Waals surface area contributed by atoms with E-state index in [1.807, 2.05) is 12.1 Å². The van der Waals surface area contributed by atoms with Crippen LogP contribution in [0.3, 0.4) is 0 Å². The van der Waals surface area contributed by atoms with E-state index in [4.69, 9.17) is 10.6 Å². The number of nitrogens with one attached hydrogen (secondary N) is 1. The molecule has 1 aromatic rings. The summed E-state index contributed by atoms with van der Waals surface area (Å²) in [6.07, 6.45) is 2.26. The van der Waals surface area contributed by atoms with E-state index >= 15 is 0 Å². The average molecular weight is 250 g/mol. The Labute approximate surface area is 108 Å². The SMILES string of the molecule is CCC(CC)COCc1cccc(C(=O)NN)c1. The minimum atomic E-state index is -0.281. The molecule has 1 amide bonds. The van der Waals surface area contributed by atoms with Gasteiger partial charge in [-0.2, -0.15) is 0 Å². The minimum Gasteiger partial charge on any atom is -0.376 e. The van der Waals surface area contributed by atoms with Crippen LogP contribution in [0.25, 0.3) is 0 Å². The summed E-state index contributed by atoms with van der Waals surface area (Å²) in [5.74, 6) is 5.43. The Balaban J connectivity index is 2.50. The van der Waals surface area contributed by atoms with Crippen LogP contribution < -0.4 is 11.3 Å². The van der Waals surface area contributed by atoms with Crippen molar-refractivity contribution in [3.8, 4) is 0 Å². The maximum absolute atomic E-state index is 11.4. The Morgan fingerprint density at radius 1 is 1.39 bits per heavy atom. The molecule has 1 aromatic carbocycles. The van der Waals surface area contributed by atoms with Crippen molar-refractivity contribution in [3.05, 3.63) is 35.4 Å². The molecule has 0 saturated heterocycles. The molecule has 0 bridgehead atoms. The van der Waals surface area contributed by atoms with Crippen molar-refractivity contribution in [1.29, 1.82) is 0 Å². The molecule has 100 valence electrons. The Morgan fingerprint density at radius 2 is 2.11 bits per heavy atom. The summed E-state index contributed by atoms with van der Waals surface area (Å²) < 4.78 is 5.67. The Bertz CT molecular complexity index is 376. The Morgan fingerprint density at radius 3 is 2.72 bits per heavy atom. The van der Waals surface area contributed by atoms with E-state index in [2.05, 4.69) is 19.3 Å². The van der Waals surface area contributed by atoms with Gasteiger partial charge in [0, 0.05) is 12.2 Å². The van der Waals surface area contributed by atoms with Crippen molar-refractivity contribution in [2.75, 3.05) is 6.61 Å². The summed E-state index contributed by atoms with van der Waals surface area (Å²) in [6.45, 7) is 5.63. The van der Waals surface area contributed by atoms with E-state index in [0.29, 0.717) is 18.1 Å². The molecule has 4 heteroatoms. The van der Waals surface area contributed by atoms with Crippen LogP contribution in [0.5, 0.6) is 0 Å². The summed E-state index contributed by atoms with van der Waals surface area (Å²) >= 11 is 0. The minimum absolute atomic E-state index is 0.281. The maximum atomic E-state index is 11.4. The van der Waals surface area contributed by atoms with Crippen LogP contribution in [0.4, 0.5) is 0 Å². The molecule has 0 atom stereocenters. The molecule has 0 aromatic heterocycles. The highest BCUT2D eigenvalue weighted by Gasteiger charge is 2.06. The third kappa shape index (κ3) is 4.47. The number of nitrogens with two attached hydrogens (primary N) is 1. The van der Waals surface area contributed by atoms with Gasteiger partial charge in [0.1, 0.15) is 0 Å². The van der Waals surface area contributed by atoms with Gasteiger partial charge >= 0.3 is 0 Å². The van der Waals surface area contributed by atoms with Crippen LogP contribution in [-0.2, 0) is 11.3 Å². The van der Waals surface area contributed by atoms with Crippen molar-refractivity contribution < 1.29 is 9.53 Å². The molecule has 0 spiro atoms. The van der Waals surface area contributed by atoms with Gasteiger partial charge in [0.25, 0.3) is 5.91 Å². The van der Waals surface area contributed by atoms with Crippen LogP contribution in [0.1, 0.15) is 42.6 Å². The first-order valence-corrected chi connectivity index (χ1v) is 6.38. The van der Waals surface area contributed by atoms with Crippen LogP contribution in [0.2, 0.25) is 0 Å². The summed E-state index contributed by atoms with van der Waals surface area (Å²) in [5.41, 5.74) is 3.67. The second-order valence-electron chi connectivity index (χ2n) is 4.37. The van der Waals surface area contributed by atoms with E-state index < -0.39 is 0 Å². The van der Waals surface area contributed by atoms with Crippen molar-refractivity contribution >= 4 is 5.91 Å². The summed E-state index contributed by atoms with van der Waals surface area (Å²) in [7, 11) is 0. The molecular formula is C14H22N2O2. The van der Waals surface area contributed by atoms with Gasteiger partial charge in [-0.1, -0.05) is 38.8 Å². The molecule has 0 heterocycles. The summed E-state index contributed by atoms with van der Waals surface area (Å²) in [5, 5.41) is 0. The third-order valence-electron chi connectivity index (χ3n) is 3.10. The summed E-state index contributed by atoms with van der Waals surface area (Å²) in [6, 6.07) is 7.31. The average Bonchev–Trinajstić information content (AvgIpc) is 2.43. The van der Waals surface area contributed by atoms with Crippen LogP contribution in [0, 0.1) is 5.92 Å². The molecule has 0 unspecified atom stereocenters. The highest BCUT2D eigenvalue weighted by molar-refractivity contribution is 5.93. The Kier molecular flexibility index (Phi) is 6.39. The highest BCUT2D eigenvalue weighted by atomic mass is 16.5. The molecule has 0 saturated carbocycles. The number of hydrogen-bond acceptors (Lipinski definition) is 3. The zero-order valence-electron chi connectivity index (χ0n) is 11.1. The molecular weight excluding hydrogens is 228 g/mol. The molecule has 4 nitrogen and oxygen atoms in total. The van der Waals surface area contributed by atoms with Crippen LogP contribution >= 0.6 is 0 Å². The fourth-order valence-electron chi connectivity index (χ4n) is 1.75. The van der Waals surface area contributed by atoms with Crippen molar-refractivity contribution in [2.45, 2.75) is 33.3 Å². The molecule has 18 heavy (non-hydrogen) atoms. The monoisotopic (exact) mass is 250 g/mol. The number of hydrogen-bond donors (Lipinski definition) is 2. The third-order valence-corrected chi connectivity index (χ3v) is 3.10. The molecule has 0 aliphatic heterocycles. The highest BCUT2D eigenvalue weighted by Crippen LogP contribution is 2.11. The largest absolute Gasteiger partial charge is 0.376 e. The first-order chi connectivity index (χ1) is 8.71. The topological polar surface area (TPSA) is 64.3 Å². The van der Waals surface area contributed by atoms with E-state index in [9.17, 15) is 4.79 Å². The fourth-order valence-corrected chi connectivity index (χ4v) is 1.75. The van der Waals surface area contributed by atoms with Gasteiger partial charge in [0.05, 0.1) is 6.61 Å². The number of ether oxygens (including phenoxy) is 1. The van der Waals surface area contributed by atoms with Gasteiger partial charge in [-0.3, -0.25) is 10.2 Å². The molecule has 3 N–H and O–H groups in total. The van der Waals surface area contributed by atoms with E-state index in [0.717, 1.165) is 25.0 Å². The summed E-state index contributed by atoms with van der Waals surface area (Å²) in [4.78, 5) is 11.4. The first-order valence-electron chi connectivity index (χ1n) is 6.38. The lowest BCUT2D eigenvalue weighted by Gasteiger charge is -2.12. The van der Waals surface area contributed by atoms with Crippen LogP contribution in [-0.4, -0.2) is 12.5 Å². The lowest BCUT2D eigenvalue weighted by Crippen LogP contribution is -2.30. The maximum Gasteiger partial charge on any atom is 0.265 e. The zero-order valence-corrected chi connectivity index (χ0v) is 11.1. The van der Waals surface area contributed by atoms with Crippen molar-refractivity contribution in [1.82, 2.24) is 5.43 Å². The predicted molar refractivity (Wildman–Crippen MR) is 71.8 cm³/mol. The normalized spacial score (nSPS) is 10.7. The molecule has 0 radical (unpaired) electrons. The van der Waals surface area contributed by atoms with Gasteiger partial charge in [-0.05, 0) is 23.6 Å². The number of carbonyl (C=O) groups is 1. The molecule has 0 aliphatic carbocycles. The number of amides is 1. The van der Waals surface area contributed by atoms with Gasteiger partial charge in [-0.25, -0.2) is 5.84 Å². The van der Waals surface area contributed by atoms with Crippen molar-refractivity contribution in [3.63, 3.8) is 0 Å². The second-order valence-corrected chi connectivity index (χ2v) is 4.37. The fraction of sp³-hybridized carbons (Fsp3) is 0.500. The van der Waals surface area contributed by atoms with Gasteiger partial charge in [0.15, 0.2) is 0 Å². The van der Waals surface area contributed by atoms with Crippen molar-refractivity contribution in [2.24, 2.45) is 11.8 Å². The quantitative estimate of drug-likeness (QED) is 0.443. The Hall–Kier alpha value is -1.39. The molecule has 0 fully saturated rings. The van der Waals surface area contributed by atoms with E-state index in [-0.39, 0.29) is 5.91 Å². The van der Waals surface area contributed by atoms with Crippen LogP contribution in [0.15, 0.2) is 24.3 Å². The number of hydrazine groups is 1.